The van der Waals surface area contributed by atoms with Crippen LogP contribution in [0.4, 0.5) is 8.78 Å². The zero-order valence-corrected chi connectivity index (χ0v) is 17.4. The summed E-state index contributed by atoms with van der Waals surface area (Å²) in [4.78, 5) is 16.4. The summed E-state index contributed by atoms with van der Waals surface area (Å²) in [7, 11) is 0. The molecule has 0 fully saturated rings. The lowest BCUT2D eigenvalue weighted by molar-refractivity contribution is 0.0548. The summed E-state index contributed by atoms with van der Waals surface area (Å²) in [6, 6.07) is 26.7. The highest BCUT2D eigenvalue weighted by Crippen LogP contribution is 2.44. The number of carbonyl (C=O) groups excluding carboxylic acids is 1. The van der Waals surface area contributed by atoms with E-state index in [9.17, 15) is 13.6 Å². The number of hydrogen-bond acceptors (Lipinski definition) is 4. The molecule has 0 aliphatic rings. The van der Waals surface area contributed by atoms with Gasteiger partial charge in [-0.05, 0) is 52.6 Å². The second-order valence-electron chi connectivity index (χ2n) is 7.30. The van der Waals surface area contributed by atoms with Crippen LogP contribution in [0.25, 0.3) is 0 Å². The summed E-state index contributed by atoms with van der Waals surface area (Å²) in [5.74, 6) is -1.47. The molecule has 4 nitrogen and oxygen atoms in total. The summed E-state index contributed by atoms with van der Waals surface area (Å²) < 4.78 is 32.5. The van der Waals surface area contributed by atoms with Crippen LogP contribution in [-0.4, -0.2) is 17.6 Å². The van der Waals surface area contributed by atoms with Crippen molar-refractivity contribution in [2.24, 2.45) is 0 Å². The third kappa shape index (κ3) is 4.21. The maximum atomic E-state index is 13.8. The first-order valence-corrected chi connectivity index (χ1v) is 10.1. The molecule has 33 heavy (non-hydrogen) atoms. The van der Waals surface area contributed by atoms with E-state index in [1.807, 2.05) is 30.3 Å². The lowest BCUT2D eigenvalue weighted by Crippen LogP contribution is -2.31. The number of hydrogen-bond donors (Lipinski definition) is 0. The third-order valence-corrected chi connectivity index (χ3v) is 5.43. The van der Waals surface area contributed by atoms with Crippen LogP contribution < -0.4 is 0 Å². The van der Waals surface area contributed by atoms with Gasteiger partial charge in [0.25, 0.3) is 0 Å². The second-order valence-corrected chi connectivity index (χ2v) is 7.30. The van der Waals surface area contributed by atoms with Gasteiger partial charge in [-0.2, -0.15) is 5.26 Å². The van der Waals surface area contributed by atoms with E-state index in [1.54, 1.807) is 42.6 Å². The van der Waals surface area contributed by atoms with E-state index in [1.165, 1.54) is 30.3 Å². The number of nitriles is 1. The number of rotatable bonds is 6. The lowest BCUT2D eigenvalue weighted by atomic mass is 9.65. The Morgan fingerprint density at radius 2 is 1.30 bits per heavy atom. The molecule has 0 amide bonds. The molecule has 0 atom stereocenters. The van der Waals surface area contributed by atoms with Gasteiger partial charge in [0.2, 0.25) is 0 Å². The molecular formula is C27H18F2N2O2. The second kappa shape index (κ2) is 9.41. The fourth-order valence-corrected chi connectivity index (χ4v) is 4.00. The van der Waals surface area contributed by atoms with Crippen LogP contribution >= 0.6 is 0 Å². The van der Waals surface area contributed by atoms with Crippen molar-refractivity contribution in [1.29, 1.82) is 5.26 Å². The Morgan fingerprint density at radius 3 is 1.79 bits per heavy atom. The first kappa shape index (κ1) is 21.8. The van der Waals surface area contributed by atoms with Gasteiger partial charge < -0.3 is 4.74 Å². The molecule has 0 N–H and O–H groups in total. The highest BCUT2D eigenvalue weighted by atomic mass is 19.1. The van der Waals surface area contributed by atoms with E-state index < -0.39 is 11.4 Å². The minimum atomic E-state index is -0.968. The van der Waals surface area contributed by atoms with Crippen LogP contribution in [0.5, 0.6) is 0 Å². The van der Waals surface area contributed by atoms with Crippen LogP contribution in [0, 0.1) is 23.0 Å². The fourth-order valence-electron chi connectivity index (χ4n) is 4.00. The quantitative estimate of drug-likeness (QED) is 0.297. The molecular weight excluding hydrogens is 422 g/mol. The van der Waals surface area contributed by atoms with Crippen molar-refractivity contribution in [3.63, 3.8) is 0 Å². The summed E-state index contributed by atoms with van der Waals surface area (Å²) in [5.41, 5.74) is 2.10. The molecule has 162 valence electrons. The molecule has 0 saturated heterocycles. The zero-order chi connectivity index (χ0) is 23.3. The number of benzene rings is 3. The Bertz CT molecular complexity index is 1240. The minimum Gasteiger partial charge on any atom is -0.446 e. The van der Waals surface area contributed by atoms with Gasteiger partial charge in [-0.25, -0.2) is 18.6 Å². The van der Waals surface area contributed by atoms with Crippen molar-refractivity contribution in [3.05, 3.63) is 137 Å². The molecule has 0 spiro atoms. The Balaban J connectivity index is 1.97. The van der Waals surface area contributed by atoms with Gasteiger partial charge in [0.15, 0.2) is 6.61 Å². The van der Waals surface area contributed by atoms with E-state index in [-0.39, 0.29) is 23.9 Å². The standard InChI is InChI=1S/C27H18F2N2O2/c28-23-11-6-20(7-12-23)27(19-4-2-1-3-5-19,21-8-13-24(29)14-9-21)22-10-15-25(31-18-22)26(32)33-17-16-30/h1-15,18H,17H2. The molecule has 0 bridgehead atoms. The molecule has 4 rings (SSSR count). The number of ether oxygens (including phenoxy) is 1. The first-order valence-electron chi connectivity index (χ1n) is 10.1. The summed E-state index contributed by atoms with van der Waals surface area (Å²) in [6.07, 6.45) is 1.54. The topological polar surface area (TPSA) is 63.0 Å². The van der Waals surface area contributed by atoms with E-state index in [0.717, 1.165) is 16.7 Å². The predicted molar refractivity (Wildman–Crippen MR) is 118 cm³/mol. The lowest BCUT2D eigenvalue weighted by Gasteiger charge is -2.36. The molecule has 0 unspecified atom stereocenters. The highest BCUT2D eigenvalue weighted by Gasteiger charge is 2.39. The molecule has 3 aromatic carbocycles. The fraction of sp³-hybridized carbons (Fsp3) is 0.0741. The number of aromatic nitrogens is 1. The molecule has 1 aromatic heterocycles. The Hall–Kier alpha value is -4.37. The van der Waals surface area contributed by atoms with Crippen molar-refractivity contribution in [2.45, 2.75) is 5.41 Å². The van der Waals surface area contributed by atoms with Crippen molar-refractivity contribution in [3.8, 4) is 6.07 Å². The number of carbonyl (C=O) groups is 1. The molecule has 0 aliphatic carbocycles. The maximum absolute atomic E-state index is 13.8. The largest absolute Gasteiger partial charge is 0.446 e. The normalized spacial score (nSPS) is 10.9. The van der Waals surface area contributed by atoms with Gasteiger partial charge in [-0.3, -0.25) is 0 Å². The van der Waals surface area contributed by atoms with Gasteiger partial charge in [0, 0.05) is 6.20 Å². The zero-order valence-electron chi connectivity index (χ0n) is 17.4. The SMILES string of the molecule is N#CCOC(=O)c1ccc(C(c2ccccc2)(c2ccc(F)cc2)c2ccc(F)cc2)cn1. The summed E-state index contributed by atoms with van der Waals surface area (Å²) >= 11 is 0. The van der Waals surface area contributed by atoms with Gasteiger partial charge in [0.05, 0.1) is 5.41 Å². The smallest absolute Gasteiger partial charge is 0.357 e. The highest BCUT2D eigenvalue weighted by molar-refractivity contribution is 5.87. The average Bonchev–Trinajstić information content (AvgIpc) is 2.86. The van der Waals surface area contributed by atoms with Crippen molar-refractivity contribution < 1.29 is 18.3 Å². The monoisotopic (exact) mass is 440 g/mol. The number of halogens is 2. The number of nitrogens with zero attached hydrogens (tertiary/aromatic N) is 2. The van der Waals surface area contributed by atoms with Gasteiger partial charge in [-0.15, -0.1) is 0 Å². The maximum Gasteiger partial charge on any atom is 0.357 e. The van der Waals surface area contributed by atoms with E-state index >= 15 is 0 Å². The van der Waals surface area contributed by atoms with Crippen molar-refractivity contribution >= 4 is 5.97 Å². The molecule has 0 radical (unpaired) electrons. The Kier molecular flexibility index (Phi) is 6.23. The van der Waals surface area contributed by atoms with E-state index in [0.29, 0.717) is 5.56 Å². The van der Waals surface area contributed by atoms with Crippen molar-refractivity contribution in [2.75, 3.05) is 6.61 Å². The molecule has 6 heteroatoms. The Labute approximate surface area is 189 Å². The third-order valence-electron chi connectivity index (χ3n) is 5.43. The van der Waals surface area contributed by atoms with Gasteiger partial charge in [0.1, 0.15) is 23.4 Å². The predicted octanol–water partition coefficient (Wildman–Crippen LogP) is 5.42. The number of esters is 1. The molecule has 0 saturated carbocycles. The molecule has 0 aliphatic heterocycles. The molecule has 1 heterocycles. The molecule has 4 aromatic rings. The van der Waals surface area contributed by atoms with Crippen LogP contribution in [0.15, 0.2) is 97.2 Å². The van der Waals surface area contributed by atoms with Gasteiger partial charge >= 0.3 is 5.97 Å². The minimum absolute atomic E-state index is 0.0502. The summed E-state index contributed by atoms with van der Waals surface area (Å²) in [6.45, 7) is -0.374. The first-order chi connectivity index (χ1) is 16.1. The van der Waals surface area contributed by atoms with Gasteiger partial charge in [-0.1, -0.05) is 60.7 Å². The Morgan fingerprint density at radius 1 is 0.788 bits per heavy atom. The van der Waals surface area contributed by atoms with Crippen LogP contribution in [-0.2, 0) is 10.2 Å². The summed E-state index contributed by atoms with van der Waals surface area (Å²) in [5, 5.41) is 8.63. The number of pyridine rings is 1. The van der Waals surface area contributed by atoms with Crippen LogP contribution in [0.2, 0.25) is 0 Å². The average molecular weight is 440 g/mol. The van der Waals surface area contributed by atoms with Crippen molar-refractivity contribution in [1.82, 2.24) is 4.98 Å². The van der Waals surface area contributed by atoms with E-state index in [2.05, 4.69) is 4.98 Å². The van der Waals surface area contributed by atoms with Crippen LogP contribution in [0.1, 0.15) is 32.7 Å². The van der Waals surface area contributed by atoms with Crippen LogP contribution in [0.3, 0.4) is 0 Å². The van der Waals surface area contributed by atoms with E-state index in [4.69, 9.17) is 10.00 Å².